The molecule has 1 saturated heterocycles. The van der Waals surface area contributed by atoms with Crippen LogP contribution >= 0.6 is 0 Å². The molecule has 2 aromatic rings. The Morgan fingerprint density at radius 2 is 1.69 bits per heavy atom. The molecule has 2 N–H and O–H groups in total. The van der Waals surface area contributed by atoms with Crippen LogP contribution < -0.4 is 10.6 Å². The number of aryl methyl sites for hydroxylation is 2. The Morgan fingerprint density at radius 3 is 2.45 bits per heavy atom. The SMILES string of the molecule is C[C@H](NCC(=O)Nc1ccc(CN2CCCC2)cc1)c1ccc2c(c1)CCCC2. The second kappa shape index (κ2) is 9.55. The van der Waals surface area contributed by atoms with Gasteiger partial charge in [-0.05, 0) is 92.9 Å². The van der Waals surface area contributed by atoms with Crippen molar-refractivity contribution < 1.29 is 4.79 Å². The molecular weight excluding hydrogens is 358 g/mol. The summed E-state index contributed by atoms with van der Waals surface area (Å²) in [5.74, 6) is 0.00195. The number of hydrogen-bond donors (Lipinski definition) is 2. The lowest BCUT2D eigenvalue weighted by Gasteiger charge is -2.20. The summed E-state index contributed by atoms with van der Waals surface area (Å²) in [5, 5.41) is 6.37. The number of carbonyl (C=O) groups excluding carboxylic acids is 1. The first-order valence-corrected chi connectivity index (χ1v) is 11.1. The van der Waals surface area contributed by atoms with Gasteiger partial charge in [0.1, 0.15) is 0 Å². The van der Waals surface area contributed by atoms with Crippen molar-refractivity contribution in [3.05, 3.63) is 64.7 Å². The lowest BCUT2D eigenvalue weighted by Crippen LogP contribution is -2.30. The number of fused-ring (bicyclic) bond motifs is 1. The fourth-order valence-electron chi connectivity index (χ4n) is 4.48. The molecule has 1 aliphatic heterocycles. The second-order valence-corrected chi connectivity index (χ2v) is 8.57. The average Bonchev–Trinajstić information content (AvgIpc) is 3.26. The van der Waals surface area contributed by atoms with Gasteiger partial charge in [-0.25, -0.2) is 0 Å². The van der Waals surface area contributed by atoms with Crippen molar-refractivity contribution in [3.8, 4) is 0 Å². The van der Waals surface area contributed by atoms with Crippen LogP contribution in [0, 0.1) is 0 Å². The lowest BCUT2D eigenvalue weighted by atomic mass is 9.89. The Morgan fingerprint density at radius 1 is 0.966 bits per heavy atom. The summed E-state index contributed by atoms with van der Waals surface area (Å²) in [6, 6.07) is 15.2. The molecule has 1 amide bonds. The fourth-order valence-corrected chi connectivity index (χ4v) is 4.48. The predicted molar refractivity (Wildman–Crippen MR) is 119 cm³/mol. The number of anilines is 1. The zero-order valence-electron chi connectivity index (χ0n) is 17.5. The third kappa shape index (κ3) is 5.46. The van der Waals surface area contributed by atoms with Crippen LogP contribution in [0.25, 0.3) is 0 Å². The standard InChI is InChI=1S/C25H33N3O/c1-19(22-11-10-21-6-2-3-7-23(21)16-22)26-17-25(29)27-24-12-8-20(9-13-24)18-28-14-4-5-15-28/h8-13,16,19,26H,2-7,14-15,17-18H2,1H3,(H,27,29)/t19-/m0/s1. The van der Waals surface area contributed by atoms with E-state index < -0.39 is 0 Å². The monoisotopic (exact) mass is 391 g/mol. The van der Waals surface area contributed by atoms with E-state index in [0.717, 1.165) is 12.2 Å². The number of likely N-dealkylation sites (tertiary alicyclic amines) is 1. The number of hydrogen-bond acceptors (Lipinski definition) is 3. The zero-order valence-corrected chi connectivity index (χ0v) is 17.5. The fraction of sp³-hybridized carbons (Fsp3) is 0.480. The van der Waals surface area contributed by atoms with E-state index >= 15 is 0 Å². The number of amides is 1. The molecule has 1 aliphatic carbocycles. The Labute approximate surface area is 174 Å². The first-order valence-electron chi connectivity index (χ1n) is 11.1. The first-order chi connectivity index (χ1) is 14.2. The smallest absolute Gasteiger partial charge is 0.238 e. The van der Waals surface area contributed by atoms with Crippen LogP contribution in [0.2, 0.25) is 0 Å². The van der Waals surface area contributed by atoms with E-state index in [4.69, 9.17) is 0 Å². The maximum absolute atomic E-state index is 12.4. The van der Waals surface area contributed by atoms with E-state index in [9.17, 15) is 4.79 Å². The summed E-state index contributed by atoms with van der Waals surface area (Å²) in [4.78, 5) is 14.8. The minimum Gasteiger partial charge on any atom is -0.325 e. The summed E-state index contributed by atoms with van der Waals surface area (Å²) in [6.45, 7) is 5.85. The molecule has 2 aliphatic rings. The maximum atomic E-state index is 12.4. The van der Waals surface area contributed by atoms with Gasteiger partial charge in [-0.15, -0.1) is 0 Å². The molecule has 0 aromatic heterocycles. The van der Waals surface area contributed by atoms with Crippen LogP contribution in [0.3, 0.4) is 0 Å². The Balaban J connectivity index is 1.25. The summed E-state index contributed by atoms with van der Waals surface area (Å²) >= 11 is 0. The molecule has 0 unspecified atom stereocenters. The van der Waals surface area contributed by atoms with Gasteiger partial charge in [0.15, 0.2) is 0 Å². The predicted octanol–water partition coefficient (Wildman–Crippen LogP) is 4.45. The quantitative estimate of drug-likeness (QED) is 0.733. The summed E-state index contributed by atoms with van der Waals surface area (Å²) in [7, 11) is 0. The zero-order chi connectivity index (χ0) is 20.1. The largest absolute Gasteiger partial charge is 0.325 e. The van der Waals surface area contributed by atoms with Crippen LogP contribution in [-0.4, -0.2) is 30.4 Å². The Kier molecular flexibility index (Phi) is 6.63. The average molecular weight is 392 g/mol. The summed E-state index contributed by atoms with van der Waals surface area (Å²) < 4.78 is 0. The highest BCUT2D eigenvalue weighted by atomic mass is 16.1. The lowest BCUT2D eigenvalue weighted by molar-refractivity contribution is -0.115. The molecule has 29 heavy (non-hydrogen) atoms. The molecular formula is C25H33N3O. The third-order valence-electron chi connectivity index (χ3n) is 6.28. The minimum absolute atomic E-state index is 0.00195. The number of nitrogens with zero attached hydrogens (tertiary/aromatic N) is 1. The van der Waals surface area contributed by atoms with E-state index in [2.05, 4.69) is 52.8 Å². The van der Waals surface area contributed by atoms with Crippen LogP contribution in [0.15, 0.2) is 42.5 Å². The van der Waals surface area contributed by atoms with E-state index in [1.165, 1.54) is 73.9 Å². The van der Waals surface area contributed by atoms with Gasteiger partial charge in [0.2, 0.25) is 5.91 Å². The van der Waals surface area contributed by atoms with Gasteiger partial charge in [0.05, 0.1) is 6.54 Å². The molecule has 0 radical (unpaired) electrons. The van der Waals surface area contributed by atoms with E-state index in [1.54, 1.807) is 0 Å². The van der Waals surface area contributed by atoms with Crippen LogP contribution in [-0.2, 0) is 24.2 Å². The maximum Gasteiger partial charge on any atom is 0.238 e. The van der Waals surface area contributed by atoms with E-state index in [0.29, 0.717) is 6.54 Å². The molecule has 0 spiro atoms. The van der Waals surface area contributed by atoms with Gasteiger partial charge in [0.25, 0.3) is 0 Å². The molecule has 1 heterocycles. The van der Waals surface area contributed by atoms with E-state index in [-0.39, 0.29) is 11.9 Å². The molecule has 0 bridgehead atoms. The molecule has 2 aromatic carbocycles. The topological polar surface area (TPSA) is 44.4 Å². The highest BCUT2D eigenvalue weighted by molar-refractivity contribution is 5.92. The van der Waals surface area contributed by atoms with Crippen molar-refractivity contribution in [1.29, 1.82) is 0 Å². The number of rotatable bonds is 7. The number of benzene rings is 2. The van der Waals surface area contributed by atoms with Crippen molar-refractivity contribution in [1.82, 2.24) is 10.2 Å². The van der Waals surface area contributed by atoms with Gasteiger partial charge in [-0.1, -0.05) is 30.3 Å². The minimum atomic E-state index is 0.00195. The van der Waals surface area contributed by atoms with Gasteiger partial charge >= 0.3 is 0 Å². The molecule has 1 fully saturated rings. The van der Waals surface area contributed by atoms with Gasteiger partial charge in [-0.3, -0.25) is 9.69 Å². The molecule has 4 heteroatoms. The highest BCUT2D eigenvalue weighted by Crippen LogP contribution is 2.24. The summed E-state index contributed by atoms with van der Waals surface area (Å²) in [6.07, 6.45) is 7.61. The van der Waals surface area contributed by atoms with Crippen molar-refractivity contribution >= 4 is 11.6 Å². The van der Waals surface area contributed by atoms with Gasteiger partial charge < -0.3 is 10.6 Å². The van der Waals surface area contributed by atoms with Crippen LogP contribution in [0.5, 0.6) is 0 Å². The molecule has 1 atom stereocenters. The molecule has 4 rings (SSSR count). The molecule has 0 saturated carbocycles. The normalized spacial score (nSPS) is 17.7. The van der Waals surface area contributed by atoms with Crippen molar-refractivity contribution in [3.63, 3.8) is 0 Å². The molecule has 4 nitrogen and oxygen atoms in total. The Hall–Kier alpha value is -2.17. The third-order valence-corrected chi connectivity index (χ3v) is 6.28. The first kappa shape index (κ1) is 20.1. The van der Waals surface area contributed by atoms with Gasteiger partial charge in [0, 0.05) is 18.3 Å². The number of carbonyl (C=O) groups is 1. The summed E-state index contributed by atoms with van der Waals surface area (Å²) in [5.41, 5.74) is 6.43. The van der Waals surface area contributed by atoms with Gasteiger partial charge in [-0.2, -0.15) is 0 Å². The highest BCUT2D eigenvalue weighted by Gasteiger charge is 2.14. The number of nitrogens with one attached hydrogen (secondary N) is 2. The van der Waals surface area contributed by atoms with Crippen molar-refractivity contribution in [2.45, 2.75) is 58.0 Å². The van der Waals surface area contributed by atoms with Crippen LogP contribution in [0.4, 0.5) is 5.69 Å². The second-order valence-electron chi connectivity index (χ2n) is 8.57. The Bertz CT molecular complexity index is 824. The van der Waals surface area contributed by atoms with Crippen molar-refractivity contribution in [2.24, 2.45) is 0 Å². The van der Waals surface area contributed by atoms with Crippen LogP contribution in [0.1, 0.15) is 60.9 Å². The van der Waals surface area contributed by atoms with E-state index in [1.807, 2.05) is 12.1 Å². The molecule has 154 valence electrons. The van der Waals surface area contributed by atoms with Crippen molar-refractivity contribution in [2.75, 3.05) is 25.0 Å².